The smallest absolute Gasteiger partial charge is 0.214 e. The van der Waals surface area contributed by atoms with Crippen molar-refractivity contribution in [3.63, 3.8) is 0 Å². The third-order valence-corrected chi connectivity index (χ3v) is 7.22. The van der Waals surface area contributed by atoms with Gasteiger partial charge in [0.15, 0.2) is 0 Å². The van der Waals surface area contributed by atoms with Crippen molar-refractivity contribution >= 4 is 10.0 Å². The van der Waals surface area contributed by atoms with Gasteiger partial charge < -0.3 is 5.32 Å². The quantitative estimate of drug-likeness (QED) is 0.853. The molecule has 4 nitrogen and oxygen atoms in total. The van der Waals surface area contributed by atoms with Crippen LogP contribution in [0.25, 0.3) is 0 Å². The molecule has 1 N–H and O–H groups in total. The molecule has 0 aromatic rings. The van der Waals surface area contributed by atoms with Crippen LogP contribution in [-0.4, -0.2) is 44.7 Å². The fourth-order valence-electron chi connectivity index (χ4n) is 3.74. The number of nitrogens with one attached hydrogen (secondary N) is 1. The Hall–Kier alpha value is -0.130. The Labute approximate surface area is 117 Å². The Bertz CT molecular complexity index is 411. The van der Waals surface area contributed by atoms with Gasteiger partial charge in [-0.05, 0) is 43.6 Å². The predicted octanol–water partition coefficient (Wildman–Crippen LogP) is 1.58. The van der Waals surface area contributed by atoms with Crippen LogP contribution < -0.4 is 5.32 Å². The molecule has 2 heterocycles. The molecule has 0 aromatic carbocycles. The Morgan fingerprint density at radius 1 is 1.21 bits per heavy atom. The molecule has 0 aromatic heterocycles. The average Bonchev–Trinajstić information content (AvgIpc) is 2.73. The molecular formula is C14H26N2O2S. The number of piperidine rings is 1. The van der Waals surface area contributed by atoms with E-state index in [4.69, 9.17) is 0 Å². The molecule has 0 bridgehead atoms. The molecule has 1 spiro atoms. The first-order valence-electron chi connectivity index (χ1n) is 7.78. The van der Waals surface area contributed by atoms with Gasteiger partial charge >= 0.3 is 0 Å². The summed E-state index contributed by atoms with van der Waals surface area (Å²) in [4.78, 5) is 0. The number of hydrogen-bond acceptors (Lipinski definition) is 3. The second-order valence-corrected chi connectivity index (χ2v) is 8.85. The van der Waals surface area contributed by atoms with Crippen molar-refractivity contribution in [3.05, 3.63) is 0 Å². The zero-order valence-corrected chi connectivity index (χ0v) is 12.6. The van der Waals surface area contributed by atoms with Gasteiger partial charge in [-0.1, -0.05) is 19.3 Å². The molecular weight excluding hydrogens is 260 g/mol. The summed E-state index contributed by atoms with van der Waals surface area (Å²) in [6, 6.07) is 0. The largest absolute Gasteiger partial charge is 0.316 e. The summed E-state index contributed by atoms with van der Waals surface area (Å²) in [5.41, 5.74) is 0.238. The summed E-state index contributed by atoms with van der Waals surface area (Å²) in [6.45, 7) is 3.60. The molecule has 0 amide bonds. The van der Waals surface area contributed by atoms with Crippen LogP contribution in [0.15, 0.2) is 0 Å². The van der Waals surface area contributed by atoms with Crippen molar-refractivity contribution in [3.8, 4) is 0 Å². The lowest BCUT2D eigenvalue weighted by Crippen LogP contribution is -2.43. The number of hydrogen-bond donors (Lipinski definition) is 1. The minimum Gasteiger partial charge on any atom is -0.316 e. The lowest BCUT2D eigenvalue weighted by Gasteiger charge is -2.34. The minimum absolute atomic E-state index is 0.238. The monoisotopic (exact) mass is 286 g/mol. The van der Waals surface area contributed by atoms with Crippen LogP contribution in [0.4, 0.5) is 0 Å². The maximum absolute atomic E-state index is 12.4. The fourth-order valence-corrected chi connectivity index (χ4v) is 5.47. The van der Waals surface area contributed by atoms with Crippen LogP contribution in [0.2, 0.25) is 0 Å². The second-order valence-electron chi connectivity index (χ2n) is 6.77. The third kappa shape index (κ3) is 2.98. The molecule has 2 saturated heterocycles. The predicted molar refractivity (Wildman–Crippen MR) is 76.5 cm³/mol. The van der Waals surface area contributed by atoms with E-state index in [2.05, 4.69) is 5.32 Å². The van der Waals surface area contributed by atoms with Crippen LogP contribution in [-0.2, 0) is 10.0 Å². The number of sulfonamides is 1. The van der Waals surface area contributed by atoms with Gasteiger partial charge in [0.05, 0.1) is 5.75 Å². The molecule has 19 heavy (non-hydrogen) atoms. The van der Waals surface area contributed by atoms with E-state index in [1.165, 1.54) is 32.1 Å². The third-order valence-electron chi connectivity index (χ3n) is 5.37. The molecule has 5 heteroatoms. The van der Waals surface area contributed by atoms with E-state index < -0.39 is 10.0 Å². The summed E-state index contributed by atoms with van der Waals surface area (Å²) in [7, 11) is -3.00. The molecule has 1 unspecified atom stereocenters. The first-order valence-corrected chi connectivity index (χ1v) is 9.39. The van der Waals surface area contributed by atoms with Crippen molar-refractivity contribution in [2.75, 3.05) is 31.9 Å². The summed E-state index contributed by atoms with van der Waals surface area (Å²) in [5.74, 6) is 1.06. The van der Waals surface area contributed by atoms with Crippen molar-refractivity contribution in [2.45, 2.75) is 44.9 Å². The van der Waals surface area contributed by atoms with Crippen LogP contribution in [0, 0.1) is 11.3 Å². The van der Waals surface area contributed by atoms with Gasteiger partial charge in [0.1, 0.15) is 0 Å². The Kier molecular flexibility index (Phi) is 3.89. The molecule has 110 valence electrons. The molecule has 1 aliphatic carbocycles. The van der Waals surface area contributed by atoms with Gasteiger partial charge in [-0.15, -0.1) is 0 Å². The summed E-state index contributed by atoms with van der Waals surface area (Å²) in [6.07, 6.45) is 8.08. The van der Waals surface area contributed by atoms with Crippen molar-refractivity contribution in [1.82, 2.24) is 9.62 Å². The summed E-state index contributed by atoms with van der Waals surface area (Å²) < 4.78 is 26.6. The van der Waals surface area contributed by atoms with E-state index in [9.17, 15) is 8.42 Å². The maximum atomic E-state index is 12.4. The zero-order valence-electron chi connectivity index (χ0n) is 11.7. The molecule has 1 saturated carbocycles. The lowest BCUT2D eigenvalue weighted by atomic mass is 9.80. The SMILES string of the molecule is O=S(=O)(CCC1CCC1)N1CCC2(CCCNC2)C1. The van der Waals surface area contributed by atoms with Gasteiger partial charge in [-0.2, -0.15) is 0 Å². The van der Waals surface area contributed by atoms with Gasteiger partial charge in [0, 0.05) is 19.6 Å². The normalized spacial score (nSPS) is 33.7. The van der Waals surface area contributed by atoms with Gasteiger partial charge in [-0.25, -0.2) is 12.7 Å². The summed E-state index contributed by atoms with van der Waals surface area (Å²) >= 11 is 0. The van der Waals surface area contributed by atoms with Crippen LogP contribution in [0.3, 0.4) is 0 Å². The van der Waals surface area contributed by atoms with Gasteiger partial charge in [-0.3, -0.25) is 0 Å². The standard InChI is InChI=1S/C14H26N2O2S/c17-19(18,10-5-13-3-1-4-13)16-9-7-14(12-16)6-2-8-15-11-14/h13,15H,1-12H2. The van der Waals surface area contributed by atoms with E-state index in [1.807, 2.05) is 0 Å². The van der Waals surface area contributed by atoms with E-state index >= 15 is 0 Å². The minimum atomic E-state index is -3.00. The molecule has 3 fully saturated rings. The van der Waals surface area contributed by atoms with Crippen LogP contribution >= 0.6 is 0 Å². The highest BCUT2D eigenvalue weighted by molar-refractivity contribution is 7.89. The second kappa shape index (κ2) is 5.34. The Morgan fingerprint density at radius 2 is 2.05 bits per heavy atom. The number of nitrogens with zero attached hydrogens (tertiary/aromatic N) is 1. The van der Waals surface area contributed by atoms with Gasteiger partial charge in [0.2, 0.25) is 10.0 Å². The van der Waals surface area contributed by atoms with Crippen molar-refractivity contribution in [2.24, 2.45) is 11.3 Å². The first kappa shape index (κ1) is 13.8. The first-order chi connectivity index (χ1) is 9.10. The van der Waals surface area contributed by atoms with E-state index in [-0.39, 0.29) is 5.41 Å². The fraction of sp³-hybridized carbons (Fsp3) is 1.00. The average molecular weight is 286 g/mol. The highest BCUT2D eigenvalue weighted by atomic mass is 32.2. The van der Waals surface area contributed by atoms with Crippen LogP contribution in [0.1, 0.15) is 44.9 Å². The topological polar surface area (TPSA) is 49.4 Å². The van der Waals surface area contributed by atoms with Gasteiger partial charge in [0.25, 0.3) is 0 Å². The molecule has 3 rings (SSSR count). The Morgan fingerprint density at radius 3 is 2.68 bits per heavy atom. The summed E-state index contributed by atoms with van der Waals surface area (Å²) in [5, 5.41) is 3.44. The van der Waals surface area contributed by atoms with E-state index in [0.717, 1.165) is 39.0 Å². The number of rotatable bonds is 4. The molecule has 2 aliphatic heterocycles. The molecule has 0 radical (unpaired) electrons. The highest BCUT2D eigenvalue weighted by Crippen LogP contribution is 2.38. The Balaban J connectivity index is 1.56. The van der Waals surface area contributed by atoms with Crippen molar-refractivity contribution in [1.29, 1.82) is 0 Å². The van der Waals surface area contributed by atoms with Crippen LogP contribution in [0.5, 0.6) is 0 Å². The van der Waals surface area contributed by atoms with E-state index in [1.54, 1.807) is 4.31 Å². The maximum Gasteiger partial charge on any atom is 0.214 e. The highest BCUT2D eigenvalue weighted by Gasteiger charge is 2.42. The molecule has 1 atom stereocenters. The zero-order chi connectivity index (χ0) is 13.3. The lowest BCUT2D eigenvalue weighted by molar-refractivity contribution is 0.224. The van der Waals surface area contributed by atoms with E-state index in [0.29, 0.717) is 11.7 Å². The van der Waals surface area contributed by atoms with Crippen molar-refractivity contribution < 1.29 is 8.42 Å². The molecule has 3 aliphatic rings.